The fraction of sp³-hybridized carbons (Fsp3) is 0.160. The molecule has 4 N–H and O–H groups in total. The summed E-state index contributed by atoms with van der Waals surface area (Å²) in [5.41, 5.74) is 8.29. The summed E-state index contributed by atoms with van der Waals surface area (Å²) in [5.74, 6) is 0. The average Bonchev–Trinajstić information content (AvgIpc) is 3.23. The SMILES string of the molecule is CCCCNC(=O)Nc1cccc2ccc(-c3cccc4ccc(-c5ccc6cccc(-c7ccc8cccc(NC(=O)NCCCC)c8c7)c6c5)cc34)cc12. The first-order valence-corrected chi connectivity index (χ1v) is 19.7. The van der Waals surface area contributed by atoms with Gasteiger partial charge in [-0.1, -0.05) is 136 Å². The third-order valence-electron chi connectivity index (χ3n) is 10.6. The second kappa shape index (κ2) is 16.4. The van der Waals surface area contributed by atoms with Gasteiger partial charge in [0.05, 0.1) is 11.4 Å². The molecule has 0 radical (unpaired) electrons. The highest BCUT2D eigenvalue weighted by molar-refractivity contribution is 6.08. The van der Waals surface area contributed by atoms with Crippen LogP contribution in [0.25, 0.3) is 76.5 Å². The van der Waals surface area contributed by atoms with Gasteiger partial charge in [0, 0.05) is 23.9 Å². The number of rotatable bonds is 11. The molecule has 278 valence electrons. The molecule has 0 bridgehead atoms. The fourth-order valence-electron chi connectivity index (χ4n) is 7.60. The minimum Gasteiger partial charge on any atom is -0.338 e. The van der Waals surface area contributed by atoms with E-state index in [0.29, 0.717) is 13.1 Å². The molecule has 56 heavy (non-hydrogen) atoms. The smallest absolute Gasteiger partial charge is 0.319 e. The fourth-order valence-corrected chi connectivity index (χ4v) is 7.60. The first-order chi connectivity index (χ1) is 27.5. The molecule has 6 heteroatoms. The van der Waals surface area contributed by atoms with Gasteiger partial charge in [-0.25, -0.2) is 9.59 Å². The van der Waals surface area contributed by atoms with Gasteiger partial charge in [0.25, 0.3) is 0 Å². The molecule has 0 atom stereocenters. The van der Waals surface area contributed by atoms with E-state index >= 15 is 0 Å². The Hall–Kier alpha value is -6.66. The van der Waals surface area contributed by atoms with E-state index in [4.69, 9.17) is 0 Å². The zero-order chi connectivity index (χ0) is 38.4. The second-order valence-electron chi connectivity index (χ2n) is 14.4. The number of fused-ring (bicyclic) bond motifs is 4. The van der Waals surface area contributed by atoms with Crippen LogP contribution in [0.3, 0.4) is 0 Å². The summed E-state index contributed by atoms with van der Waals surface area (Å²) in [4.78, 5) is 25.4. The van der Waals surface area contributed by atoms with Crippen LogP contribution in [0.4, 0.5) is 21.0 Å². The Labute approximate surface area is 328 Å². The average molecular weight is 735 g/mol. The van der Waals surface area contributed by atoms with Gasteiger partial charge in [-0.05, 0) is 115 Å². The number of anilines is 2. The monoisotopic (exact) mass is 734 g/mol. The van der Waals surface area contributed by atoms with E-state index in [1.54, 1.807) is 0 Å². The van der Waals surface area contributed by atoms with Crippen LogP contribution in [0, 0.1) is 0 Å². The van der Waals surface area contributed by atoms with Gasteiger partial charge < -0.3 is 21.3 Å². The predicted octanol–water partition coefficient (Wildman–Crippen LogP) is 13.1. The van der Waals surface area contributed by atoms with E-state index in [-0.39, 0.29) is 12.1 Å². The Balaban J connectivity index is 1.15. The van der Waals surface area contributed by atoms with Crippen molar-refractivity contribution < 1.29 is 9.59 Å². The zero-order valence-electron chi connectivity index (χ0n) is 31.9. The van der Waals surface area contributed by atoms with E-state index in [9.17, 15) is 9.59 Å². The molecular weight excluding hydrogens is 689 g/mol. The number of carbonyl (C=O) groups is 2. The molecule has 0 saturated carbocycles. The molecule has 0 unspecified atom stereocenters. The maximum Gasteiger partial charge on any atom is 0.319 e. The Morgan fingerprint density at radius 2 is 0.768 bits per heavy atom. The quantitative estimate of drug-likeness (QED) is 0.0998. The van der Waals surface area contributed by atoms with Crippen LogP contribution >= 0.6 is 0 Å². The molecular formula is C50H46N4O2. The number of hydrogen-bond donors (Lipinski definition) is 4. The van der Waals surface area contributed by atoms with Crippen molar-refractivity contribution in [2.75, 3.05) is 23.7 Å². The number of unbranched alkanes of at least 4 members (excludes halogenated alkanes) is 2. The molecule has 0 saturated heterocycles. The number of amides is 4. The molecule has 0 spiro atoms. The minimum absolute atomic E-state index is 0.186. The molecule has 0 fully saturated rings. The molecule has 0 aliphatic carbocycles. The van der Waals surface area contributed by atoms with Gasteiger partial charge in [0.1, 0.15) is 0 Å². The molecule has 0 aliphatic heterocycles. The maximum atomic E-state index is 12.7. The van der Waals surface area contributed by atoms with E-state index in [1.165, 1.54) is 0 Å². The molecule has 8 aromatic carbocycles. The van der Waals surface area contributed by atoms with Crippen molar-refractivity contribution in [3.63, 3.8) is 0 Å². The maximum absolute atomic E-state index is 12.7. The van der Waals surface area contributed by atoms with Crippen molar-refractivity contribution in [2.24, 2.45) is 0 Å². The molecule has 0 aromatic heterocycles. The molecule has 8 aromatic rings. The minimum atomic E-state index is -0.186. The van der Waals surface area contributed by atoms with Crippen LogP contribution in [0.15, 0.2) is 146 Å². The van der Waals surface area contributed by atoms with Crippen molar-refractivity contribution in [3.8, 4) is 33.4 Å². The summed E-state index contributed by atoms with van der Waals surface area (Å²) in [6.07, 6.45) is 3.95. The predicted molar refractivity (Wildman–Crippen MR) is 237 cm³/mol. The Bertz CT molecular complexity index is 2550. The first kappa shape index (κ1) is 36.3. The standard InChI is InChI=1S/C50H46N4O2/c1-3-5-27-51-49(55)53-47-17-9-13-35-21-25-39(31-45(35)47)41-15-7-11-33-19-23-37(29-43(33)41)38-24-20-34-12-8-16-42(44(34)30-38)40-26-22-36-14-10-18-48(46(36)32-40)54-50(56)52-28-6-4-2/h7-26,29-32H,3-6,27-28H2,1-2H3,(H2,51,53,55)(H2,52,54,56). The topological polar surface area (TPSA) is 82.3 Å². The Morgan fingerprint density at radius 1 is 0.411 bits per heavy atom. The zero-order valence-corrected chi connectivity index (χ0v) is 31.9. The lowest BCUT2D eigenvalue weighted by atomic mass is 9.91. The lowest BCUT2D eigenvalue weighted by Gasteiger charge is -2.14. The number of urea groups is 2. The summed E-state index contributed by atoms with van der Waals surface area (Å²) in [6, 6.07) is 50.9. The third kappa shape index (κ3) is 7.64. The molecule has 0 aliphatic rings. The summed E-state index contributed by atoms with van der Waals surface area (Å²) >= 11 is 0. The number of benzene rings is 8. The van der Waals surface area contributed by atoms with Gasteiger partial charge in [0.15, 0.2) is 0 Å². The Kier molecular flexibility index (Phi) is 10.6. The van der Waals surface area contributed by atoms with Crippen LogP contribution in [0.2, 0.25) is 0 Å². The van der Waals surface area contributed by atoms with Crippen molar-refractivity contribution in [2.45, 2.75) is 39.5 Å². The second-order valence-corrected chi connectivity index (χ2v) is 14.4. The number of nitrogens with one attached hydrogen (secondary N) is 4. The molecule has 0 heterocycles. The highest BCUT2D eigenvalue weighted by Crippen LogP contribution is 2.38. The van der Waals surface area contributed by atoms with Crippen molar-refractivity contribution in [3.05, 3.63) is 146 Å². The van der Waals surface area contributed by atoms with Gasteiger partial charge in [0.2, 0.25) is 0 Å². The Morgan fingerprint density at radius 3 is 1.18 bits per heavy atom. The van der Waals surface area contributed by atoms with Crippen LogP contribution in [0.1, 0.15) is 39.5 Å². The summed E-state index contributed by atoms with van der Waals surface area (Å²) in [7, 11) is 0. The van der Waals surface area contributed by atoms with Crippen LogP contribution in [-0.4, -0.2) is 25.2 Å². The lowest BCUT2D eigenvalue weighted by molar-refractivity contribution is 0.251. The highest BCUT2D eigenvalue weighted by atomic mass is 16.2. The van der Waals surface area contributed by atoms with Crippen molar-refractivity contribution in [1.82, 2.24) is 10.6 Å². The van der Waals surface area contributed by atoms with E-state index in [0.717, 1.165) is 114 Å². The van der Waals surface area contributed by atoms with Gasteiger partial charge in [-0.2, -0.15) is 0 Å². The molecule has 6 nitrogen and oxygen atoms in total. The van der Waals surface area contributed by atoms with Crippen molar-refractivity contribution >= 4 is 66.5 Å². The van der Waals surface area contributed by atoms with Crippen LogP contribution in [-0.2, 0) is 0 Å². The van der Waals surface area contributed by atoms with Crippen LogP contribution < -0.4 is 21.3 Å². The first-order valence-electron chi connectivity index (χ1n) is 19.7. The number of carbonyl (C=O) groups excluding carboxylic acids is 2. The summed E-state index contributed by atoms with van der Waals surface area (Å²) in [6.45, 7) is 5.53. The highest BCUT2D eigenvalue weighted by Gasteiger charge is 2.13. The van der Waals surface area contributed by atoms with Gasteiger partial charge >= 0.3 is 12.1 Å². The summed E-state index contributed by atoms with van der Waals surface area (Å²) < 4.78 is 0. The lowest BCUT2D eigenvalue weighted by Crippen LogP contribution is -2.29. The number of hydrogen-bond acceptors (Lipinski definition) is 2. The molecule has 4 amide bonds. The largest absolute Gasteiger partial charge is 0.338 e. The van der Waals surface area contributed by atoms with Gasteiger partial charge in [-0.15, -0.1) is 0 Å². The normalized spacial score (nSPS) is 11.2. The van der Waals surface area contributed by atoms with Crippen LogP contribution in [0.5, 0.6) is 0 Å². The molecule has 8 rings (SSSR count). The summed E-state index contributed by atoms with van der Waals surface area (Å²) in [5, 5.41) is 20.9. The van der Waals surface area contributed by atoms with E-state index in [1.807, 2.05) is 24.3 Å². The van der Waals surface area contributed by atoms with Gasteiger partial charge in [-0.3, -0.25) is 0 Å². The van der Waals surface area contributed by atoms with E-state index < -0.39 is 0 Å². The van der Waals surface area contributed by atoms with Crippen molar-refractivity contribution in [1.29, 1.82) is 0 Å². The van der Waals surface area contributed by atoms with E-state index in [2.05, 4.69) is 156 Å². The third-order valence-corrected chi connectivity index (χ3v) is 10.6.